The number of hydrogen-bond acceptors (Lipinski definition) is 3. The molecule has 3 heteroatoms. The first-order valence-electron chi connectivity index (χ1n) is 5.77. The van der Waals surface area contributed by atoms with E-state index in [1.54, 1.807) is 0 Å². The molecule has 1 aliphatic heterocycles. The zero-order chi connectivity index (χ0) is 10.2. The van der Waals surface area contributed by atoms with Crippen molar-refractivity contribution in [2.24, 2.45) is 5.73 Å². The summed E-state index contributed by atoms with van der Waals surface area (Å²) >= 11 is 0. The average Bonchev–Trinajstić information content (AvgIpc) is 2.83. The number of hydrogen-bond donors (Lipinski definition) is 1. The van der Waals surface area contributed by atoms with Crippen LogP contribution in [-0.4, -0.2) is 55.1 Å². The van der Waals surface area contributed by atoms with Gasteiger partial charge in [0.1, 0.15) is 0 Å². The lowest BCUT2D eigenvalue weighted by atomic mass is 10.0. The van der Waals surface area contributed by atoms with Crippen LogP contribution in [0.25, 0.3) is 0 Å². The van der Waals surface area contributed by atoms with Gasteiger partial charge >= 0.3 is 0 Å². The van der Waals surface area contributed by atoms with E-state index in [0.29, 0.717) is 0 Å². The van der Waals surface area contributed by atoms with Crippen molar-refractivity contribution in [2.45, 2.75) is 37.3 Å². The number of nitrogens with zero attached hydrogens (tertiary/aromatic N) is 2. The molecule has 2 rings (SSSR count). The highest BCUT2D eigenvalue weighted by atomic mass is 15.2. The van der Waals surface area contributed by atoms with Gasteiger partial charge in [0.2, 0.25) is 0 Å². The minimum atomic E-state index is 0.171. The molecule has 0 aromatic heterocycles. The molecule has 2 aliphatic rings. The van der Waals surface area contributed by atoms with Crippen LogP contribution in [0.4, 0.5) is 0 Å². The molecule has 1 heterocycles. The highest BCUT2D eigenvalue weighted by Gasteiger charge is 2.40. The summed E-state index contributed by atoms with van der Waals surface area (Å²) in [6.07, 6.45) is 5.12. The van der Waals surface area contributed by atoms with Crippen LogP contribution < -0.4 is 5.73 Å². The minimum Gasteiger partial charge on any atom is -0.324 e. The molecule has 1 saturated carbocycles. The highest BCUT2D eigenvalue weighted by molar-refractivity contribution is 5.01. The minimum absolute atomic E-state index is 0.171. The van der Waals surface area contributed by atoms with Gasteiger partial charge in [-0.25, -0.2) is 0 Å². The first-order chi connectivity index (χ1) is 6.59. The van der Waals surface area contributed by atoms with Crippen LogP contribution in [0.2, 0.25) is 0 Å². The lowest BCUT2D eigenvalue weighted by molar-refractivity contribution is 0.127. The summed E-state index contributed by atoms with van der Waals surface area (Å²) < 4.78 is 0. The molecule has 1 atom stereocenters. The normalized spacial score (nSPS) is 32.1. The van der Waals surface area contributed by atoms with E-state index in [0.717, 1.165) is 12.6 Å². The first-order valence-corrected chi connectivity index (χ1v) is 5.77. The van der Waals surface area contributed by atoms with Crippen molar-refractivity contribution in [1.82, 2.24) is 9.80 Å². The van der Waals surface area contributed by atoms with Crippen LogP contribution >= 0.6 is 0 Å². The van der Waals surface area contributed by atoms with Crippen molar-refractivity contribution >= 4 is 0 Å². The van der Waals surface area contributed by atoms with Gasteiger partial charge in [0.25, 0.3) is 0 Å². The third kappa shape index (κ3) is 2.47. The molecule has 1 saturated heterocycles. The molecule has 0 aromatic rings. The first kappa shape index (κ1) is 10.4. The van der Waals surface area contributed by atoms with Gasteiger partial charge in [0.05, 0.1) is 0 Å². The predicted molar refractivity (Wildman–Crippen MR) is 59.3 cm³/mol. The summed E-state index contributed by atoms with van der Waals surface area (Å²) in [6.45, 7) is 3.57. The standard InChI is InChI=1S/C11H23N3/c1-13-7-3-4-10(8-13)14(2)9-11(12)5-6-11/h10H,3-9,12H2,1-2H3. The number of rotatable bonds is 3. The van der Waals surface area contributed by atoms with Gasteiger partial charge < -0.3 is 15.5 Å². The largest absolute Gasteiger partial charge is 0.324 e. The zero-order valence-corrected chi connectivity index (χ0v) is 9.50. The van der Waals surface area contributed by atoms with Crippen LogP contribution in [0, 0.1) is 0 Å². The lowest BCUT2D eigenvalue weighted by Crippen LogP contribution is -2.49. The SMILES string of the molecule is CN1CCCC(N(C)CC2(N)CC2)C1. The van der Waals surface area contributed by atoms with Gasteiger partial charge in [-0.1, -0.05) is 0 Å². The van der Waals surface area contributed by atoms with Gasteiger partial charge in [-0.15, -0.1) is 0 Å². The predicted octanol–water partition coefficient (Wildman–Crippen LogP) is 0.504. The Morgan fingerprint density at radius 3 is 2.79 bits per heavy atom. The Labute approximate surface area is 87.2 Å². The number of likely N-dealkylation sites (tertiary alicyclic amines) is 1. The molecule has 0 radical (unpaired) electrons. The van der Waals surface area contributed by atoms with E-state index in [9.17, 15) is 0 Å². The Hall–Kier alpha value is -0.120. The van der Waals surface area contributed by atoms with E-state index in [2.05, 4.69) is 23.9 Å². The summed E-state index contributed by atoms with van der Waals surface area (Å²) in [4.78, 5) is 4.91. The van der Waals surface area contributed by atoms with Gasteiger partial charge in [-0.3, -0.25) is 0 Å². The molecular weight excluding hydrogens is 174 g/mol. The van der Waals surface area contributed by atoms with Crippen LogP contribution in [0.5, 0.6) is 0 Å². The number of likely N-dealkylation sites (N-methyl/N-ethyl adjacent to an activating group) is 2. The van der Waals surface area contributed by atoms with E-state index in [1.807, 2.05) is 0 Å². The second-order valence-corrected chi connectivity index (χ2v) is 5.34. The molecule has 2 N–H and O–H groups in total. The molecule has 0 spiro atoms. The fraction of sp³-hybridized carbons (Fsp3) is 1.00. The van der Waals surface area contributed by atoms with Gasteiger partial charge in [-0.05, 0) is 46.3 Å². The van der Waals surface area contributed by atoms with Crippen molar-refractivity contribution in [1.29, 1.82) is 0 Å². The molecule has 1 unspecified atom stereocenters. The molecular formula is C11H23N3. The van der Waals surface area contributed by atoms with Crippen LogP contribution in [0.3, 0.4) is 0 Å². The second kappa shape index (κ2) is 3.80. The maximum absolute atomic E-state index is 6.13. The van der Waals surface area contributed by atoms with Crippen LogP contribution in [0.15, 0.2) is 0 Å². The Morgan fingerprint density at radius 2 is 2.21 bits per heavy atom. The third-order valence-electron chi connectivity index (χ3n) is 3.68. The molecule has 2 fully saturated rings. The van der Waals surface area contributed by atoms with Gasteiger partial charge in [0, 0.05) is 24.7 Å². The van der Waals surface area contributed by atoms with E-state index >= 15 is 0 Å². The van der Waals surface area contributed by atoms with E-state index in [4.69, 9.17) is 5.73 Å². The summed E-state index contributed by atoms with van der Waals surface area (Å²) in [5.41, 5.74) is 6.30. The maximum atomic E-state index is 6.13. The second-order valence-electron chi connectivity index (χ2n) is 5.34. The fourth-order valence-electron chi connectivity index (χ4n) is 2.44. The number of piperidine rings is 1. The van der Waals surface area contributed by atoms with Crippen molar-refractivity contribution < 1.29 is 0 Å². The van der Waals surface area contributed by atoms with Gasteiger partial charge in [-0.2, -0.15) is 0 Å². The topological polar surface area (TPSA) is 32.5 Å². The van der Waals surface area contributed by atoms with E-state index < -0.39 is 0 Å². The third-order valence-corrected chi connectivity index (χ3v) is 3.68. The van der Waals surface area contributed by atoms with E-state index in [1.165, 1.54) is 38.8 Å². The fourth-order valence-corrected chi connectivity index (χ4v) is 2.44. The quantitative estimate of drug-likeness (QED) is 0.715. The zero-order valence-electron chi connectivity index (χ0n) is 9.50. The Bertz CT molecular complexity index is 201. The molecule has 1 aliphatic carbocycles. The Morgan fingerprint density at radius 1 is 1.50 bits per heavy atom. The molecule has 14 heavy (non-hydrogen) atoms. The van der Waals surface area contributed by atoms with Gasteiger partial charge in [0.15, 0.2) is 0 Å². The monoisotopic (exact) mass is 197 g/mol. The van der Waals surface area contributed by atoms with E-state index in [-0.39, 0.29) is 5.54 Å². The van der Waals surface area contributed by atoms with Crippen molar-refractivity contribution in [3.05, 3.63) is 0 Å². The molecule has 0 amide bonds. The van der Waals surface area contributed by atoms with Crippen LogP contribution in [0.1, 0.15) is 25.7 Å². The van der Waals surface area contributed by atoms with Crippen molar-refractivity contribution in [2.75, 3.05) is 33.7 Å². The summed E-state index contributed by atoms with van der Waals surface area (Å²) in [5.74, 6) is 0. The van der Waals surface area contributed by atoms with Crippen LogP contribution in [-0.2, 0) is 0 Å². The Balaban J connectivity index is 1.81. The molecule has 0 aromatic carbocycles. The summed E-state index contributed by atoms with van der Waals surface area (Å²) in [7, 11) is 4.45. The summed E-state index contributed by atoms with van der Waals surface area (Å²) in [6, 6.07) is 0.731. The molecule has 3 nitrogen and oxygen atoms in total. The lowest BCUT2D eigenvalue weighted by Gasteiger charge is -2.37. The smallest absolute Gasteiger partial charge is 0.0284 e. The molecule has 82 valence electrons. The summed E-state index contributed by atoms with van der Waals surface area (Å²) in [5, 5.41) is 0. The maximum Gasteiger partial charge on any atom is 0.0284 e. The molecule has 0 bridgehead atoms. The average molecular weight is 197 g/mol. The Kier molecular flexibility index (Phi) is 2.82. The highest BCUT2D eigenvalue weighted by Crippen LogP contribution is 2.33. The van der Waals surface area contributed by atoms with Crippen molar-refractivity contribution in [3.63, 3.8) is 0 Å². The van der Waals surface area contributed by atoms with Crippen molar-refractivity contribution in [3.8, 4) is 0 Å². The number of nitrogens with two attached hydrogens (primary N) is 1.